The van der Waals surface area contributed by atoms with Crippen LogP contribution < -0.4 is 5.73 Å². The first-order valence-corrected chi connectivity index (χ1v) is 5.05. The van der Waals surface area contributed by atoms with Crippen molar-refractivity contribution in [2.75, 3.05) is 5.73 Å². The van der Waals surface area contributed by atoms with E-state index in [4.69, 9.17) is 10.3 Å². The number of hydrogen-bond acceptors (Lipinski definition) is 3. The number of fused-ring (bicyclic) bond motifs is 1. The summed E-state index contributed by atoms with van der Waals surface area (Å²) in [7, 11) is 0. The molecule has 3 aromatic rings. The first-order chi connectivity index (χ1) is 7.83. The molecular formula is C12H11N3O. The molecule has 0 saturated heterocycles. The number of aromatic nitrogens is 2. The second-order valence-corrected chi connectivity index (χ2v) is 3.79. The fourth-order valence-corrected chi connectivity index (χ4v) is 1.84. The Bertz CT molecular complexity index is 610. The minimum atomic E-state index is 0.746. The smallest absolute Gasteiger partial charge is 0.128 e. The maximum atomic E-state index is 5.78. The Kier molecular flexibility index (Phi) is 1.93. The molecule has 0 bridgehead atoms. The van der Waals surface area contributed by atoms with Gasteiger partial charge in [-0.25, -0.2) is 0 Å². The molecule has 1 aromatic carbocycles. The van der Waals surface area contributed by atoms with Crippen LogP contribution in [0.15, 0.2) is 47.4 Å². The van der Waals surface area contributed by atoms with E-state index in [1.807, 2.05) is 24.4 Å². The summed E-state index contributed by atoms with van der Waals surface area (Å²) in [6, 6.07) is 7.98. The number of nitrogens with zero attached hydrogens (tertiary/aromatic N) is 2. The van der Waals surface area contributed by atoms with Crippen LogP contribution >= 0.6 is 0 Å². The quantitative estimate of drug-likeness (QED) is 0.664. The molecule has 0 amide bonds. The molecule has 0 radical (unpaired) electrons. The second-order valence-electron chi connectivity index (χ2n) is 3.79. The van der Waals surface area contributed by atoms with Gasteiger partial charge < -0.3 is 14.8 Å². The average Bonchev–Trinajstić information content (AvgIpc) is 2.90. The number of benzene rings is 1. The third-order valence-corrected chi connectivity index (χ3v) is 2.63. The van der Waals surface area contributed by atoms with E-state index in [2.05, 4.69) is 15.8 Å². The summed E-state index contributed by atoms with van der Waals surface area (Å²) in [4.78, 5) is 0. The van der Waals surface area contributed by atoms with Crippen molar-refractivity contribution in [3.05, 3.63) is 48.5 Å². The van der Waals surface area contributed by atoms with Crippen LogP contribution in [-0.4, -0.2) is 9.72 Å². The van der Waals surface area contributed by atoms with Gasteiger partial charge in [-0.1, -0.05) is 11.2 Å². The monoisotopic (exact) mass is 213 g/mol. The van der Waals surface area contributed by atoms with Crippen molar-refractivity contribution in [1.29, 1.82) is 0 Å². The molecule has 0 aliphatic carbocycles. The molecule has 0 atom stereocenters. The van der Waals surface area contributed by atoms with Crippen LogP contribution in [0.25, 0.3) is 10.9 Å². The molecule has 2 heterocycles. The summed E-state index contributed by atoms with van der Waals surface area (Å²) in [5.41, 5.74) is 8.72. The Balaban J connectivity index is 2.07. The third kappa shape index (κ3) is 1.44. The fourth-order valence-electron chi connectivity index (χ4n) is 1.84. The van der Waals surface area contributed by atoms with Gasteiger partial charge in [0, 0.05) is 17.4 Å². The van der Waals surface area contributed by atoms with Crippen molar-refractivity contribution in [3.8, 4) is 0 Å². The van der Waals surface area contributed by atoms with Gasteiger partial charge in [-0.15, -0.1) is 0 Å². The topological polar surface area (TPSA) is 57.0 Å². The number of hydrogen-bond donors (Lipinski definition) is 1. The standard InChI is InChI=1S/C12H11N3O/c13-11-2-1-10-3-4-15(12(10)5-11)7-9-6-14-16-8-9/h1-6,8H,7,13H2. The molecule has 2 N–H and O–H groups in total. The Morgan fingerprint density at radius 2 is 2.25 bits per heavy atom. The summed E-state index contributed by atoms with van der Waals surface area (Å²) in [6.07, 6.45) is 5.41. The van der Waals surface area contributed by atoms with E-state index in [9.17, 15) is 0 Å². The van der Waals surface area contributed by atoms with Crippen LogP contribution in [-0.2, 0) is 6.54 Å². The van der Waals surface area contributed by atoms with Crippen LogP contribution in [0.1, 0.15) is 5.56 Å². The summed E-state index contributed by atoms with van der Waals surface area (Å²) < 4.78 is 6.93. The van der Waals surface area contributed by atoms with E-state index in [-0.39, 0.29) is 0 Å². The van der Waals surface area contributed by atoms with Gasteiger partial charge in [0.2, 0.25) is 0 Å². The van der Waals surface area contributed by atoms with E-state index in [0.29, 0.717) is 0 Å². The molecule has 0 aliphatic heterocycles. The lowest BCUT2D eigenvalue weighted by Crippen LogP contribution is -1.96. The van der Waals surface area contributed by atoms with Crippen molar-refractivity contribution in [2.24, 2.45) is 0 Å². The number of rotatable bonds is 2. The van der Waals surface area contributed by atoms with Gasteiger partial charge in [-0.3, -0.25) is 0 Å². The largest absolute Gasteiger partial charge is 0.399 e. The fraction of sp³-hybridized carbons (Fsp3) is 0.0833. The van der Waals surface area contributed by atoms with E-state index >= 15 is 0 Å². The lowest BCUT2D eigenvalue weighted by Gasteiger charge is -2.03. The molecule has 0 fully saturated rings. The van der Waals surface area contributed by atoms with Gasteiger partial charge in [-0.2, -0.15) is 0 Å². The minimum Gasteiger partial charge on any atom is -0.399 e. The molecular weight excluding hydrogens is 202 g/mol. The zero-order chi connectivity index (χ0) is 11.0. The van der Waals surface area contributed by atoms with Gasteiger partial charge in [-0.05, 0) is 23.6 Å². The summed E-state index contributed by atoms with van der Waals surface area (Å²) in [5, 5.41) is 4.87. The molecule has 3 rings (SSSR count). The molecule has 80 valence electrons. The molecule has 0 unspecified atom stereocenters. The first kappa shape index (κ1) is 9.03. The van der Waals surface area contributed by atoms with Crippen LogP contribution in [0.5, 0.6) is 0 Å². The maximum Gasteiger partial charge on any atom is 0.128 e. The Hall–Kier alpha value is -2.23. The van der Waals surface area contributed by atoms with E-state index in [0.717, 1.165) is 23.3 Å². The van der Waals surface area contributed by atoms with Crippen LogP contribution in [0, 0.1) is 0 Å². The van der Waals surface area contributed by atoms with Crippen molar-refractivity contribution >= 4 is 16.6 Å². The van der Waals surface area contributed by atoms with Crippen molar-refractivity contribution in [3.63, 3.8) is 0 Å². The van der Waals surface area contributed by atoms with Gasteiger partial charge in [0.05, 0.1) is 18.3 Å². The average molecular weight is 213 g/mol. The molecule has 4 heteroatoms. The van der Waals surface area contributed by atoms with Gasteiger partial charge in [0.1, 0.15) is 6.26 Å². The first-order valence-electron chi connectivity index (χ1n) is 5.05. The molecule has 0 saturated carbocycles. The van der Waals surface area contributed by atoms with Gasteiger partial charge >= 0.3 is 0 Å². The zero-order valence-corrected chi connectivity index (χ0v) is 8.63. The lowest BCUT2D eigenvalue weighted by atomic mass is 10.2. The normalized spacial score (nSPS) is 11.0. The third-order valence-electron chi connectivity index (χ3n) is 2.63. The highest BCUT2D eigenvalue weighted by molar-refractivity contribution is 5.83. The van der Waals surface area contributed by atoms with E-state index in [1.54, 1.807) is 12.5 Å². The molecule has 2 aromatic heterocycles. The number of anilines is 1. The van der Waals surface area contributed by atoms with Crippen LogP contribution in [0.2, 0.25) is 0 Å². The molecule has 4 nitrogen and oxygen atoms in total. The van der Waals surface area contributed by atoms with Crippen LogP contribution in [0.4, 0.5) is 5.69 Å². The zero-order valence-electron chi connectivity index (χ0n) is 8.63. The van der Waals surface area contributed by atoms with Gasteiger partial charge in [0.15, 0.2) is 0 Å². The van der Waals surface area contributed by atoms with Crippen LogP contribution in [0.3, 0.4) is 0 Å². The van der Waals surface area contributed by atoms with Gasteiger partial charge in [0.25, 0.3) is 0 Å². The minimum absolute atomic E-state index is 0.746. The molecule has 0 spiro atoms. The number of nitrogen functional groups attached to an aromatic ring is 1. The Morgan fingerprint density at radius 3 is 3.06 bits per heavy atom. The summed E-state index contributed by atoms with van der Waals surface area (Å²) >= 11 is 0. The highest BCUT2D eigenvalue weighted by Gasteiger charge is 2.03. The molecule has 0 aliphatic rings. The summed E-state index contributed by atoms with van der Waals surface area (Å²) in [5.74, 6) is 0. The SMILES string of the molecule is Nc1ccc2ccn(Cc3cnoc3)c2c1. The highest BCUT2D eigenvalue weighted by Crippen LogP contribution is 2.19. The predicted octanol–water partition coefficient (Wildman–Crippen LogP) is 2.26. The van der Waals surface area contributed by atoms with Crippen molar-refractivity contribution in [2.45, 2.75) is 6.54 Å². The van der Waals surface area contributed by atoms with E-state index < -0.39 is 0 Å². The predicted molar refractivity (Wildman–Crippen MR) is 62.0 cm³/mol. The Labute approximate surface area is 92.3 Å². The number of nitrogens with two attached hydrogens (primary N) is 1. The van der Waals surface area contributed by atoms with Crippen molar-refractivity contribution in [1.82, 2.24) is 9.72 Å². The summed E-state index contributed by atoms with van der Waals surface area (Å²) in [6.45, 7) is 0.746. The maximum absolute atomic E-state index is 5.78. The highest BCUT2D eigenvalue weighted by atomic mass is 16.5. The lowest BCUT2D eigenvalue weighted by molar-refractivity contribution is 0.418. The van der Waals surface area contributed by atoms with Crippen molar-refractivity contribution < 1.29 is 4.52 Å². The molecule has 16 heavy (non-hydrogen) atoms. The van der Waals surface area contributed by atoms with E-state index in [1.165, 1.54) is 5.39 Å². The Morgan fingerprint density at radius 1 is 1.31 bits per heavy atom. The second kappa shape index (κ2) is 3.41.